The highest BCUT2D eigenvalue weighted by Crippen LogP contribution is 2.38. The van der Waals surface area contributed by atoms with Crippen molar-refractivity contribution in [2.75, 3.05) is 0 Å². The van der Waals surface area contributed by atoms with Crippen molar-refractivity contribution in [3.63, 3.8) is 0 Å². The third kappa shape index (κ3) is 2.09. The Hall–Kier alpha value is -1.18. The predicted molar refractivity (Wildman–Crippen MR) is 60.3 cm³/mol. The molecule has 2 N–H and O–H groups in total. The number of benzene rings is 1. The highest BCUT2D eigenvalue weighted by atomic mass is 16.3. The zero-order chi connectivity index (χ0) is 10.8. The van der Waals surface area contributed by atoms with E-state index in [2.05, 4.69) is 0 Å². The average Bonchev–Trinajstić information content (AvgIpc) is 2.25. The monoisotopic (exact) mass is 206 g/mol. The van der Waals surface area contributed by atoms with Gasteiger partial charge < -0.3 is 10.2 Å². The van der Waals surface area contributed by atoms with Crippen LogP contribution < -0.4 is 0 Å². The number of aromatic hydroxyl groups is 2. The SMILES string of the molecule is Cc1cc(O)c(O)cc1C1CCCCC1. The van der Waals surface area contributed by atoms with Crippen LogP contribution in [0, 0.1) is 6.92 Å². The molecular weight excluding hydrogens is 188 g/mol. The molecule has 1 aliphatic rings. The number of phenolic OH excluding ortho intramolecular Hbond substituents is 2. The highest BCUT2D eigenvalue weighted by molar-refractivity contribution is 5.46. The maximum Gasteiger partial charge on any atom is 0.157 e. The largest absolute Gasteiger partial charge is 0.504 e. The summed E-state index contributed by atoms with van der Waals surface area (Å²) in [5.74, 6) is 0.582. The van der Waals surface area contributed by atoms with Crippen LogP contribution in [0.3, 0.4) is 0 Å². The standard InChI is InChI=1S/C13H18O2/c1-9-7-12(14)13(15)8-11(9)10-5-3-2-4-6-10/h7-8,10,14-15H,2-6H2,1H3. The highest BCUT2D eigenvalue weighted by Gasteiger charge is 2.18. The molecule has 0 unspecified atom stereocenters. The van der Waals surface area contributed by atoms with Crippen LogP contribution in [-0.2, 0) is 0 Å². The molecule has 82 valence electrons. The van der Waals surface area contributed by atoms with Crippen LogP contribution in [0.25, 0.3) is 0 Å². The number of aryl methyl sites for hydroxylation is 1. The molecule has 1 aromatic rings. The molecule has 2 rings (SSSR count). The first-order valence-corrected chi connectivity index (χ1v) is 5.71. The summed E-state index contributed by atoms with van der Waals surface area (Å²) in [4.78, 5) is 0. The van der Waals surface area contributed by atoms with E-state index in [4.69, 9.17) is 0 Å². The zero-order valence-corrected chi connectivity index (χ0v) is 9.16. The fourth-order valence-electron chi connectivity index (χ4n) is 2.55. The van der Waals surface area contributed by atoms with Crippen LogP contribution in [0.2, 0.25) is 0 Å². The molecule has 1 saturated carbocycles. The van der Waals surface area contributed by atoms with E-state index in [-0.39, 0.29) is 11.5 Å². The Morgan fingerprint density at radius 1 is 1.00 bits per heavy atom. The molecule has 0 aliphatic heterocycles. The third-order valence-electron chi connectivity index (χ3n) is 3.41. The van der Waals surface area contributed by atoms with Gasteiger partial charge in [0.05, 0.1) is 0 Å². The first-order chi connectivity index (χ1) is 7.18. The molecule has 0 amide bonds. The maximum atomic E-state index is 9.51. The molecule has 15 heavy (non-hydrogen) atoms. The van der Waals surface area contributed by atoms with Crippen molar-refractivity contribution in [1.29, 1.82) is 0 Å². The Labute approximate surface area is 90.6 Å². The van der Waals surface area contributed by atoms with Crippen molar-refractivity contribution in [2.24, 2.45) is 0 Å². The fourth-order valence-corrected chi connectivity index (χ4v) is 2.55. The Balaban J connectivity index is 2.30. The minimum Gasteiger partial charge on any atom is -0.504 e. The molecule has 2 nitrogen and oxygen atoms in total. The summed E-state index contributed by atoms with van der Waals surface area (Å²) in [5.41, 5.74) is 2.31. The number of phenols is 2. The van der Waals surface area contributed by atoms with Crippen molar-refractivity contribution < 1.29 is 10.2 Å². The lowest BCUT2D eigenvalue weighted by Crippen LogP contribution is -2.05. The number of hydrogen-bond acceptors (Lipinski definition) is 2. The van der Waals surface area contributed by atoms with Gasteiger partial charge in [0, 0.05) is 0 Å². The van der Waals surface area contributed by atoms with Crippen LogP contribution in [0.4, 0.5) is 0 Å². The molecule has 1 aliphatic carbocycles. The van der Waals surface area contributed by atoms with Gasteiger partial charge in [-0.3, -0.25) is 0 Å². The average molecular weight is 206 g/mol. The lowest BCUT2D eigenvalue weighted by molar-refractivity contribution is 0.398. The minimum absolute atomic E-state index is 0.00735. The number of rotatable bonds is 1. The van der Waals surface area contributed by atoms with E-state index in [1.54, 1.807) is 12.1 Å². The zero-order valence-electron chi connectivity index (χ0n) is 9.16. The molecule has 0 spiro atoms. The lowest BCUT2D eigenvalue weighted by atomic mass is 9.82. The van der Waals surface area contributed by atoms with E-state index in [9.17, 15) is 10.2 Å². The molecule has 0 atom stereocenters. The second kappa shape index (κ2) is 4.13. The first-order valence-electron chi connectivity index (χ1n) is 5.71. The maximum absolute atomic E-state index is 9.51. The first kappa shape index (κ1) is 10.3. The van der Waals surface area contributed by atoms with E-state index >= 15 is 0 Å². The molecule has 0 heterocycles. The molecule has 1 aromatic carbocycles. The summed E-state index contributed by atoms with van der Waals surface area (Å²) >= 11 is 0. The van der Waals surface area contributed by atoms with Gasteiger partial charge in [0.25, 0.3) is 0 Å². The fraction of sp³-hybridized carbons (Fsp3) is 0.538. The van der Waals surface area contributed by atoms with Crippen LogP contribution in [0.5, 0.6) is 11.5 Å². The van der Waals surface area contributed by atoms with Crippen molar-refractivity contribution in [2.45, 2.75) is 44.9 Å². The summed E-state index contributed by atoms with van der Waals surface area (Å²) in [7, 11) is 0. The summed E-state index contributed by atoms with van der Waals surface area (Å²) in [6.07, 6.45) is 6.33. The Morgan fingerprint density at radius 3 is 2.27 bits per heavy atom. The topological polar surface area (TPSA) is 40.5 Å². The molecule has 2 heteroatoms. The van der Waals surface area contributed by atoms with E-state index in [1.807, 2.05) is 6.92 Å². The van der Waals surface area contributed by atoms with Gasteiger partial charge in [-0.15, -0.1) is 0 Å². The van der Waals surface area contributed by atoms with Crippen molar-refractivity contribution >= 4 is 0 Å². The quantitative estimate of drug-likeness (QED) is 0.691. The van der Waals surface area contributed by atoms with Gasteiger partial charge in [-0.25, -0.2) is 0 Å². The van der Waals surface area contributed by atoms with Crippen molar-refractivity contribution in [3.05, 3.63) is 23.3 Å². The van der Waals surface area contributed by atoms with E-state index < -0.39 is 0 Å². The third-order valence-corrected chi connectivity index (χ3v) is 3.41. The van der Waals surface area contributed by atoms with Gasteiger partial charge in [0.15, 0.2) is 11.5 Å². The van der Waals surface area contributed by atoms with E-state index in [0.717, 1.165) is 5.56 Å². The van der Waals surface area contributed by atoms with Crippen LogP contribution >= 0.6 is 0 Å². The normalized spacial score (nSPS) is 17.9. The number of hydrogen-bond donors (Lipinski definition) is 2. The van der Waals surface area contributed by atoms with Gasteiger partial charge in [-0.05, 0) is 48.9 Å². The summed E-state index contributed by atoms with van der Waals surface area (Å²) in [6.45, 7) is 2.00. The molecule has 0 saturated heterocycles. The predicted octanol–water partition coefficient (Wildman–Crippen LogP) is 3.45. The van der Waals surface area contributed by atoms with Gasteiger partial charge in [-0.2, -0.15) is 0 Å². The van der Waals surface area contributed by atoms with Crippen LogP contribution in [-0.4, -0.2) is 10.2 Å². The Kier molecular flexibility index (Phi) is 2.85. The molecule has 1 fully saturated rings. The van der Waals surface area contributed by atoms with E-state index in [0.29, 0.717) is 5.92 Å². The summed E-state index contributed by atoms with van der Waals surface area (Å²) in [6, 6.07) is 3.40. The van der Waals surface area contributed by atoms with Gasteiger partial charge >= 0.3 is 0 Å². The molecular formula is C13H18O2. The Bertz CT molecular complexity index is 352. The van der Waals surface area contributed by atoms with Gasteiger partial charge in [-0.1, -0.05) is 19.3 Å². The van der Waals surface area contributed by atoms with Crippen LogP contribution in [0.15, 0.2) is 12.1 Å². The second-order valence-corrected chi connectivity index (χ2v) is 4.53. The minimum atomic E-state index is -0.00735. The van der Waals surface area contributed by atoms with Gasteiger partial charge in [0.2, 0.25) is 0 Å². The summed E-state index contributed by atoms with van der Waals surface area (Å²) in [5, 5.41) is 18.9. The van der Waals surface area contributed by atoms with Crippen LogP contribution in [0.1, 0.15) is 49.1 Å². The van der Waals surface area contributed by atoms with Crippen molar-refractivity contribution in [1.82, 2.24) is 0 Å². The van der Waals surface area contributed by atoms with Gasteiger partial charge in [0.1, 0.15) is 0 Å². The van der Waals surface area contributed by atoms with Crippen molar-refractivity contribution in [3.8, 4) is 11.5 Å². The van der Waals surface area contributed by atoms with E-state index in [1.165, 1.54) is 37.7 Å². The summed E-state index contributed by atoms with van der Waals surface area (Å²) < 4.78 is 0. The second-order valence-electron chi connectivity index (χ2n) is 4.53. The molecule has 0 radical (unpaired) electrons. The molecule has 0 bridgehead atoms. The molecule has 0 aromatic heterocycles. The lowest BCUT2D eigenvalue weighted by Gasteiger charge is -2.23. The smallest absolute Gasteiger partial charge is 0.157 e. The Morgan fingerprint density at radius 2 is 1.60 bits per heavy atom.